The Morgan fingerprint density at radius 3 is 1.29 bits per heavy atom. The van der Waals surface area contributed by atoms with Crippen LogP contribution in [0.4, 0.5) is 0 Å². The van der Waals surface area contributed by atoms with Crippen molar-refractivity contribution in [2.45, 2.75) is 9.79 Å². The van der Waals surface area contributed by atoms with Crippen LogP contribution in [0.25, 0.3) is 11.1 Å². The summed E-state index contributed by atoms with van der Waals surface area (Å²) in [5.74, 6) is 0. The minimum absolute atomic E-state index is 0. The molecule has 0 atom stereocenters. The molecule has 2 N–H and O–H groups in total. The Morgan fingerprint density at radius 2 is 1.00 bits per heavy atom. The molecule has 0 aliphatic rings. The van der Waals surface area contributed by atoms with Crippen molar-refractivity contribution in [3.05, 3.63) is 48.5 Å². The molecule has 0 fully saturated rings. The summed E-state index contributed by atoms with van der Waals surface area (Å²) in [5.41, 5.74) is 0.788. The first kappa shape index (κ1) is 18.3. The monoisotopic (exact) mass is 338 g/mol. The molecule has 0 unspecified atom stereocenters. The van der Waals surface area contributed by atoms with E-state index in [1.54, 1.807) is 12.1 Å². The summed E-state index contributed by atoms with van der Waals surface area (Å²) >= 11 is 0. The van der Waals surface area contributed by atoms with Gasteiger partial charge in [-0.2, -0.15) is 16.8 Å². The standard InChI is InChI=1S/C12H10O6S2.Na.H/c13-19(14,15)11-5-1-3-9(7-11)10-4-2-6-12(8-10)20(16,17)18;;/h1-8H,(H,13,14,15)(H,16,17,18);;. The van der Waals surface area contributed by atoms with E-state index in [1.807, 2.05) is 0 Å². The second-order valence-electron chi connectivity index (χ2n) is 4.01. The van der Waals surface area contributed by atoms with Crippen molar-refractivity contribution in [2.75, 3.05) is 0 Å². The van der Waals surface area contributed by atoms with Crippen molar-refractivity contribution in [3.63, 3.8) is 0 Å². The molecule has 2 rings (SSSR count). The van der Waals surface area contributed by atoms with Crippen molar-refractivity contribution in [1.29, 1.82) is 0 Å². The molecule has 0 saturated heterocycles. The van der Waals surface area contributed by atoms with Crippen molar-refractivity contribution >= 4 is 49.8 Å². The van der Waals surface area contributed by atoms with Crippen LogP contribution in [-0.4, -0.2) is 55.5 Å². The van der Waals surface area contributed by atoms with Crippen molar-refractivity contribution in [3.8, 4) is 11.1 Å². The predicted molar refractivity (Wildman–Crippen MR) is 78.7 cm³/mol. The fraction of sp³-hybridized carbons (Fsp3) is 0. The van der Waals surface area contributed by atoms with Crippen molar-refractivity contribution in [1.82, 2.24) is 0 Å². The molecule has 0 amide bonds. The van der Waals surface area contributed by atoms with E-state index in [1.165, 1.54) is 36.4 Å². The van der Waals surface area contributed by atoms with Gasteiger partial charge in [-0.1, -0.05) is 24.3 Å². The Bertz CT molecular complexity index is 785. The molecule has 6 nitrogen and oxygen atoms in total. The summed E-state index contributed by atoms with van der Waals surface area (Å²) in [7, 11) is -8.68. The number of benzene rings is 2. The Kier molecular flexibility index (Phi) is 5.73. The molecule has 0 bridgehead atoms. The molecule has 0 aliphatic carbocycles. The van der Waals surface area contributed by atoms with Gasteiger partial charge in [-0.05, 0) is 35.4 Å². The van der Waals surface area contributed by atoms with E-state index in [2.05, 4.69) is 0 Å². The summed E-state index contributed by atoms with van der Waals surface area (Å²) in [4.78, 5) is -0.598. The summed E-state index contributed by atoms with van der Waals surface area (Å²) in [5, 5.41) is 0. The van der Waals surface area contributed by atoms with Crippen molar-refractivity contribution < 1.29 is 25.9 Å². The average molecular weight is 338 g/mol. The van der Waals surface area contributed by atoms with E-state index in [0.717, 1.165) is 0 Å². The van der Waals surface area contributed by atoms with E-state index in [4.69, 9.17) is 9.11 Å². The molecule has 0 heterocycles. The fourth-order valence-electron chi connectivity index (χ4n) is 1.67. The van der Waals surface area contributed by atoms with Crippen LogP contribution in [0.5, 0.6) is 0 Å². The molecule has 2 aromatic carbocycles. The number of rotatable bonds is 3. The van der Waals surface area contributed by atoms with Gasteiger partial charge in [0.1, 0.15) is 0 Å². The molecule has 21 heavy (non-hydrogen) atoms. The first-order valence-electron chi connectivity index (χ1n) is 5.33. The number of hydrogen-bond donors (Lipinski definition) is 2. The molecular weight excluding hydrogens is 327 g/mol. The van der Waals surface area contributed by atoms with Crippen LogP contribution in [0.3, 0.4) is 0 Å². The number of hydrogen-bond acceptors (Lipinski definition) is 4. The summed E-state index contributed by atoms with van der Waals surface area (Å²) in [6.07, 6.45) is 0. The molecule has 0 aliphatic heterocycles. The zero-order valence-corrected chi connectivity index (χ0v) is 11.6. The van der Waals surface area contributed by atoms with E-state index >= 15 is 0 Å². The second-order valence-corrected chi connectivity index (χ2v) is 6.85. The molecular formula is C12H11NaO6S2. The summed E-state index contributed by atoms with van der Waals surface area (Å²) < 4.78 is 62.2. The van der Waals surface area contributed by atoms with Gasteiger partial charge < -0.3 is 0 Å². The Labute approximate surface area is 144 Å². The predicted octanol–water partition coefficient (Wildman–Crippen LogP) is 1.20. The van der Waals surface area contributed by atoms with E-state index < -0.39 is 20.2 Å². The first-order chi connectivity index (χ1) is 9.18. The zero-order chi connectivity index (χ0) is 15.0. The quantitative estimate of drug-likeness (QED) is 0.643. The molecule has 0 radical (unpaired) electrons. The van der Waals surface area contributed by atoms with Crippen LogP contribution in [0.15, 0.2) is 58.3 Å². The molecule has 0 saturated carbocycles. The van der Waals surface area contributed by atoms with E-state index in [0.29, 0.717) is 11.1 Å². The van der Waals surface area contributed by atoms with Gasteiger partial charge in [-0.15, -0.1) is 0 Å². The van der Waals surface area contributed by atoms with Crippen LogP contribution in [0.1, 0.15) is 0 Å². The fourth-order valence-corrected chi connectivity index (χ4v) is 2.73. The molecule has 2 aromatic rings. The van der Waals surface area contributed by atoms with Gasteiger partial charge in [-0.25, -0.2) is 0 Å². The van der Waals surface area contributed by atoms with Gasteiger partial charge in [0, 0.05) is 0 Å². The van der Waals surface area contributed by atoms with Crippen LogP contribution in [0, 0.1) is 0 Å². The van der Waals surface area contributed by atoms with Gasteiger partial charge in [-0.3, -0.25) is 9.11 Å². The minimum atomic E-state index is -4.34. The molecule has 9 heteroatoms. The normalized spacial score (nSPS) is 11.7. The van der Waals surface area contributed by atoms with Gasteiger partial charge in [0.25, 0.3) is 20.2 Å². The SMILES string of the molecule is O=S(=O)(O)c1cccc(-c2cccc(S(=O)(=O)O)c2)c1.[NaH]. The molecule has 0 aromatic heterocycles. The third-order valence-corrected chi connectivity index (χ3v) is 4.30. The van der Waals surface area contributed by atoms with Gasteiger partial charge in [0.05, 0.1) is 9.79 Å². The third-order valence-electron chi connectivity index (χ3n) is 2.60. The van der Waals surface area contributed by atoms with E-state index in [9.17, 15) is 16.8 Å². The molecule has 0 spiro atoms. The van der Waals surface area contributed by atoms with Crippen LogP contribution in [0.2, 0.25) is 0 Å². The van der Waals surface area contributed by atoms with Gasteiger partial charge >= 0.3 is 29.6 Å². The topological polar surface area (TPSA) is 109 Å². The molecule has 108 valence electrons. The van der Waals surface area contributed by atoms with Crippen LogP contribution >= 0.6 is 0 Å². The van der Waals surface area contributed by atoms with Gasteiger partial charge in [0.2, 0.25) is 0 Å². The second kappa shape index (κ2) is 6.57. The van der Waals surface area contributed by atoms with Gasteiger partial charge in [0.15, 0.2) is 0 Å². The Morgan fingerprint density at radius 1 is 0.667 bits per heavy atom. The Balaban J connectivity index is 0.00000220. The summed E-state index contributed by atoms with van der Waals surface area (Å²) in [6.45, 7) is 0. The maximum absolute atomic E-state index is 11.1. The summed E-state index contributed by atoms with van der Waals surface area (Å²) in [6, 6.07) is 10.8. The van der Waals surface area contributed by atoms with Crippen LogP contribution < -0.4 is 0 Å². The van der Waals surface area contributed by atoms with Crippen molar-refractivity contribution in [2.24, 2.45) is 0 Å². The Hall–Kier alpha value is -0.740. The maximum atomic E-state index is 11.1. The zero-order valence-electron chi connectivity index (χ0n) is 9.96. The third kappa shape index (κ3) is 4.62. The van der Waals surface area contributed by atoms with E-state index in [-0.39, 0.29) is 39.3 Å². The first-order valence-corrected chi connectivity index (χ1v) is 8.21. The average Bonchev–Trinajstić information content (AvgIpc) is 2.37. The van der Waals surface area contributed by atoms with Crippen LogP contribution in [-0.2, 0) is 20.2 Å².